The number of benzene rings is 1. The molecule has 1 rings (SSSR count). The molecule has 0 N–H and O–H groups in total. The summed E-state index contributed by atoms with van der Waals surface area (Å²) >= 11 is 0. The van der Waals surface area contributed by atoms with Gasteiger partial charge in [-0.05, 0) is 18.6 Å². The highest BCUT2D eigenvalue weighted by Crippen LogP contribution is 2.12. The number of hydrogen-bond acceptors (Lipinski definition) is 2. The Morgan fingerprint density at radius 2 is 2.00 bits per heavy atom. The third-order valence-electron chi connectivity index (χ3n) is 2.02. The lowest BCUT2D eigenvalue weighted by atomic mass is 10.2. The van der Waals surface area contributed by atoms with E-state index in [2.05, 4.69) is 6.58 Å². The second-order valence-electron chi connectivity index (χ2n) is 3.05. The van der Waals surface area contributed by atoms with Crippen LogP contribution in [0.15, 0.2) is 54.5 Å². The Hall–Kier alpha value is -1.70. The molecule has 1 aromatic rings. The van der Waals surface area contributed by atoms with E-state index < -0.39 is 0 Å². The molecule has 0 atom stereocenters. The molecule has 0 aromatic heterocycles. The van der Waals surface area contributed by atoms with E-state index in [9.17, 15) is 0 Å². The van der Waals surface area contributed by atoms with Crippen molar-refractivity contribution < 1.29 is 9.47 Å². The van der Waals surface area contributed by atoms with Crippen LogP contribution in [0.25, 0.3) is 0 Å². The van der Waals surface area contributed by atoms with Crippen LogP contribution < -0.4 is 0 Å². The van der Waals surface area contributed by atoms with Crippen molar-refractivity contribution in [2.45, 2.75) is 13.5 Å². The topological polar surface area (TPSA) is 18.5 Å². The Morgan fingerprint density at radius 3 is 2.53 bits per heavy atom. The summed E-state index contributed by atoms with van der Waals surface area (Å²) in [7, 11) is 1.58. The first-order valence-electron chi connectivity index (χ1n) is 4.84. The minimum Gasteiger partial charge on any atom is -0.494 e. The molecule has 1 aromatic carbocycles. The number of rotatable bonds is 5. The molecule has 0 spiro atoms. The summed E-state index contributed by atoms with van der Waals surface area (Å²) in [5, 5.41) is 0. The van der Waals surface area contributed by atoms with Crippen LogP contribution in [0.5, 0.6) is 0 Å². The van der Waals surface area contributed by atoms with Crippen molar-refractivity contribution in [1.29, 1.82) is 0 Å². The summed E-state index contributed by atoms with van der Waals surface area (Å²) in [4.78, 5) is 0. The van der Waals surface area contributed by atoms with Gasteiger partial charge in [0.25, 0.3) is 0 Å². The summed E-state index contributed by atoms with van der Waals surface area (Å²) in [6, 6.07) is 9.98. The zero-order valence-electron chi connectivity index (χ0n) is 9.19. The molecule has 15 heavy (non-hydrogen) atoms. The third kappa shape index (κ3) is 3.50. The van der Waals surface area contributed by atoms with Crippen LogP contribution in [0.1, 0.15) is 12.5 Å². The van der Waals surface area contributed by atoms with Gasteiger partial charge in [-0.15, -0.1) is 0 Å². The predicted molar refractivity (Wildman–Crippen MR) is 61.1 cm³/mol. The minimum atomic E-state index is 0.531. The summed E-state index contributed by atoms with van der Waals surface area (Å²) < 4.78 is 10.6. The van der Waals surface area contributed by atoms with E-state index in [1.807, 2.05) is 43.3 Å². The predicted octanol–water partition coefficient (Wildman–Crippen LogP) is 3.27. The lowest BCUT2D eigenvalue weighted by Crippen LogP contribution is -1.97. The normalized spacial score (nSPS) is 10.9. The van der Waals surface area contributed by atoms with E-state index in [0.717, 1.165) is 5.56 Å². The van der Waals surface area contributed by atoms with Crippen molar-refractivity contribution in [1.82, 2.24) is 0 Å². The van der Waals surface area contributed by atoms with Gasteiger partial charge >= 0.3 is 0 Å². The van der Waals surface area contributed by atoms with Crippen molar-refractivity contribution >= 4 is 0 Å². The van der Waals surface area contributed by atoms with E-state index in [1.165, 1.54) is 0 Å². The monoisotopic (exact) mass is 204 g/mol. The molecule has 2 heteroatoms. The maximum atomic E-state index is 5.57. The zero-order valence-corrected chi connectivity index (χ0v) is 9.19. The van der Waals surface area contributed by atoms with Crippen LogP contribution in [-0.2, 0) is 16.1 Å². The molecule has 0 fully saturated rings. The van der Waals surface area contributed by atoms with E-state index in [-0.39, 0.29) is 0 Å². The average molecular weight is 204 g/mol. The first-order chi connectivity index (χ1) is 7.27. The molecule has 0 heterocycles. The lowest BCUT2D eigenvalue weighted by Gasteiger charge is -2.11. The maximum Gasteiger partial charge on any atom is 0.156 e. The van der Waals surface area contributed by atoms with Gasteiger partial charge in [-0.1, -0.05) is 36.9 Å². The van der Waals surface area contributed by atoms with Crippen LogP contribution in [0, 0.1) is 0 Å². The van der Waals surface area contributed by atoms with E-state index in [1.54, 1.807) is 7.11 Å². The second kappa shape index (κ2) is 5.91. The van der Waals surface area contributed by atoms with Crippen LogP contribution in [-0.4, -0.2) is 7.11 Å². The molecule has 0 saturated heterocycles. The van der Waals surface area contributed by atoms with Crippen molar-refractivity contribution in [3.05, 3.63) is 60.1 Å². The molecule has 0 radical (unpaired) electrons. The molecular formula is C13H16O2. The molecule has 0 aliphatic carbocycles. The smallest absolute Gasteiger partial charge is 0.156 e. The van der Waals surface area contributed by atoms with Crippen LogP contribution in [0.2, 0.25) is 0 Å². The van der Waals surface area contributed by atoms with Crippen molar-refractivity contribution in [2.75, 3.05) is 7.11 Å². The highest BCUT2D eigenvalue weighted by Gasteiger charge is 2.02. The Balaban J connectivity index is 2.53. The van der Waals surface area contributed by atoms with E-state index >= 15 is 0 Å². The van der Waals surface area contributed by atoms with Gasteiger partial charge in [0.15, 0.2) is 11.5 Å². The molecule has 0 amide bonds. The van der Waals surface area contributed by atoms with Gasteiger partial charge in [0.2, 0.25) is 0 Å². The molecule has 0 unspecified atom stereocenters. The van der Waals surface area contributed by atoms with Gasteiger partial charge in [-0.25, -0.2) is 0 Å². The molecular weight excluding hydrogens is 188 g/mol. The van der Waals surface area contributed by atoms with Gasteiger partial charge < -0.3 is 9.47 Å². The largest absolute Gasteiger partial charge is 0.494 e. The summed E-state index contributed by atoms with van der Waals surface area (Å²) in [5.74, 6) is 1.23. The fourth-order valence-corrected chi connectivity index (χ4v) is 1.16. The minimum absolute atomic E-state index is 0.531. The lowest BCUT2D eigenvalue weighted by molar-refractivity contribution is 0.166. The molecule has 80 valence electrons. The summed E-state index contributed by atoms with van der Waals surface area (Å²) in [6.07, 6.45) is 1.84. The SMILES string of the molecule is C=C(OC)C(=CC)OCc1ccccc1. The Labute approximate surface area is 90.8 Å². The Bertz CT molecular complexity index is 339. The van der Waals surface area contributed by atoms with E-state index in [4.69, 9.17) is 9.47 Å². The standard InChI is InChI=1S/C13H16O2/c1-4-13(11(2)14-3)15-10-12-8-6-5-7-9-12/h4-9H,2,10H2,1,3H3. The second-order valence-corrected chi connectivity index (χ2v) is 3.05. The van der Waals surface area contributed by atoms with Crippen molar-refractivity contribution in [3.63, 3.8) is 0 Å². The molecule has 0 aliphatic rings. The van der Waals surface area contributed by atoms with Crippen LogP contribution in [0.4, 0.5) is 0 Å². The third-order valence-corrected chi connectivity index (χ3v) is 2.02. The maximum absolute atomic E-state index is 5.57. The number of allylic oxidation sites excluding steroid dienone is 1. The highest BCUT2D eigenvalue weighted by molar-refractivity contribution is 5.18. The van der Waals surface area contributed by atoms with Gasteiger partial charge in [0.1, 0.15) is 6.61 Å². The van der Waals surface area contributed by atoms with Gasteiger partial charge in [-0.2, -0.15) is 0 Å². The molecule has 0 aliphatic heterocycles. The van der Waals surface area contributed by atoms with Crippen molar-refractivity contribution in [2.24, 2.45) is 0 Å². The van der Waals surface area contributed by atoms with Gasteiger partial charge in [0.05, 0.1) is 7.11 Å². The van der Waals surface area contributed by atoms with Crippen LogP contribution >= 0.6 is 0 Å². The molecule has 2 nitrogen and oxygen atoms in total. The number of hydrogen-bond donors (Lipinski definition) is 0. The summed E-state index contributed by atoms with van der Waals surface area (Å²) in [6.45, 7) is 6.17. The fourth-order valence-electron chi connectivity index (χ4n) is 1.16. The fraction of sp³-hybridized carbons (Fsp3) is 0.231. The average Bonchev–Trinajstić information content (AvgIpc) is 2.31. The Morgan fingerprint density at radius 1 is 1.33 bits per heavy atom. The number of ether oxygens (including phenoxy) is 2. The highest BCUT2D eigenvalue weighted by atomic mass is 16.5. The quantitative estimate of drug-likeness (QED) is 0.541. The van der Waals surface area contributed by atoms with Gasteiger partial charge in [0, 0.05) is 0 Å². The first kappa shape index (κ1) is 11.4. The Kier molecular flexibility index (Phi) is 4.48. The van der Waals surface area contributed by atoms with Gasteiger partial charge in [-0.3, -0.25) is 0 Å². The number of methoxy groups -OCH3 is 1. The van der Waals surface area contributed by atoms with Crippen LogP contribution in [0.3, 0.4) is 0 Å². The summed E-state index contributed by atoms with van der Waals surface area (Å²) in [5.41, 5.74) is 1.13. The molecule has 0 saturated carbocycles. The van der Waals surface area contributed by atoms with Crippen molar-refractivity contribution in [3.8, 4) is 0 Å². The molecule has 0 bridgehead atoms. The zero-order chi connectivity index (χ0) is 11.1. The first-order valence-corrected chi connectivity index (χ1v) is 4.84. The van der Waals surface area contributed by atoms with E-state index in [0.29, 0.717) is 18.1 Å².